The Morgan fingerprint density at radius 1 is 1.12 bits per heavy atom. The lowest BCUT2D eigenvalue weighted by atomic mass is 10.1. The molecule has 2 amide bonds. The Hall–Kier alpha value is -1.81. The molecule has 0 aromatic heterocycles. The monoisotopic (exact) mass is 591 g/mol. The van der Waals surface area contributed by atoms with Crippen molar-refractivity contribution in [2.75, 3.05) is 17.1 Å². The van der Waals surface area contributed by atoms with Crippen molar-refractivity contribution in [1.29, 1.82) is 0 Å². The number of halogens is 3. The number of anilines is 1. The lowest BCUT2D eigenvalue weighted by molar-refractivity contribution is -0.139. The second-order valence-corrected chi connectivity index (χ2v) is 11.6. The van der Waals surface area contributed by atoms with Crippen LogP contribution in [0.1, 0.15) is 32.8 Å². The van der Waals surface area contributed by atoms with Gasteiger partial charge in [-0.15, -0.1) is 0 Å². The molecule has 0 radical (unpaired) electrons. The van der Waals surface area contributed by atoms with Gasteiger partial charge in [-0.25, -0.2) is 8.42 Å². The van der Waals surface area contributed by atoms with Crippen LogP contribution in [0.25, 0.3) is 0 Å². The van der Waals surface area contributed by atoms with Crippen LogP contribution in [0.3, 0.4) is 0 Å². The summed E-state index contributed by atoms with van der Waals surface area (Å²) in [6.45, 7) is 4.99. The first kappa shape index (κ1) is 28.4. The summed E-state index contributed by atoms with van der Waals surface area (Å²) in [5.74, 6) is -0.891. The topological polar surface area (TPSA) is 86.8 Å². The molecule has 2 rings (SSSR count). The zero-order valence-electron chi connectivity index (χ0n) is 19.4. The lowest BCUT2D eigenvalue weighted by Crippen LogP contribution is -2.52. The molecule has 2 aromatic carbocycles. The Bertz CT molecular complexity index is 1150. The van der Waals surface area contributed by atoms with E-state index in [2.05, 4.69) is 21.2 Å². The number of carbonyl (C=O) groups excluding carboxylic acids is 2. The van der Waals surface area contributed by atoms with Gasteiger partial charge in [-0.05, 0) is 50.1 Å². The third kappa shape index (κ3) is 7.60. The number of carbonyl (C=O) groups is 2. The summed E-state index contributed by atoms with van der Waals surface area (Å²) < 4.78 is 26.9. The summed E-state index contributed by atoms with van der Waals surface area (Å²) in [7, 11) is -3.90. The van der Waals surface area contributed by atoms with Gasteiger partial charge in [0.1, 0.15) is 12.6 Å². The minimum atomic E-state index is -3.90. The largest absolute Gasteiger partial charge is 0.352 e. The van der Waals surface area contributed by atoms with Crippen molar-refractivity contribution >= 4 is 66.7 Å². The van der Waals surface area contributed by atoms with E-state index in [4.69, 9.17) is 23.2 Å². The normalized spacial score (nSPS) is 13.1. The molecule has 0 fully saturated rings. The Morgan fingerprint density at radius 2 is 1.76 bits per heavy atom. The first-order valence-electron chi connectivity index (χ1n) is 10.6. The van der Waals surface area contributed by atoms with Crippen molar-refractivity contribution < 1.29 is 18.0 Å². The predicted octanol–water partition coefficient (Wildman–Crippen LogP) is 4.85. The third-order valence-corrected chi connectivity index (χ3v) is 7.72. The second-order valence-electron chi connectivity index (χ2n) is 7.99. The van der Waals surface area contributed by atoms with Crippen LogP contribution in [-0.4, -0.2) is 50.0 Å². The molecule has 0 aliphatic carbocycles. The van der Waals surface area contributed by atoms with E-state index < -0.39 is 28.5 Å². The zero-order chi connectivity index (χ0) is 25.6. The number of sulfonamides is 1. The molecule has 0 unspecified atom stereocenters. The minimum Gasteiger partial charge on any atom is -0.352 e. The fourth-order valence-corrected chi connectivity index (χ4v) is 4.91. The molecule has 7 nitrogen and oxygen atoms in total. The van der Waals surface area contributed by atoms with E-state index in [9.17, 15) is 18.0 Å². The SMILES string of the molecule is CC[C@H](C)NC(=O)[C@H](C)N(Cc1cccc(Br)c1)C(=O)CN(c1cccc(Cl)c1Cl)S(C)(=O)=O. The quantitative estimate of drug-likeness (QED) is 0.427. The number of rotatable bonds is 10. The van der Waals surface area contributed by atoms with Gasteiger partial charge in [0.05, 0.1) is 22.0 Å². The first-order chi connectivity index (χ1) is 15.8. The second kappa shape index (κ2) is 12.2. The molecule has 186 valence electrons. The van der Waals surface area contributed by atoms with Crippen LogP contribution in [0.4, 0.5) is 5.69 Å². The molecule has 0 aliphatic rings. The van der Waals surface area contributed by atoms with E-state index in [0.29, 0.717) is 0 Å². The molecule has 11 heteroatoms. The van der Waals surface area contributed by atoms with Gasteiger partial charge in [-0.3, -0.25) is 13.9 Å². The van der Waals surface area contributed by atoms with Gasteiger partial charge in [-0.1, -0.05) is 64.3 Å². The fraction of sp³-hybridized carbons (Fsp3) is 0.391. The van der Waals surface area contributed by atoms with Crippen LogP contribution in [0, 0.1) is 0 Å². The Balaban J connectivity index is 2.43. The molecule has 0 saturated heterocycles. The van der Waals surface area contributed by atoms with Gasteiger partial charge >= 0.3 is 0 Å². The lowest BCUT2D eigenvalue weighted by Gasteiger charge is -2.32. The molecule has 2 aromatic rings. The maximum atomic E-state index is 13.5. The number of hydrogen-bond donors (Lipinski definition) is 1. The summed E-state index contributed by atoms with van der Waals surface area (Å²) in [6, 6.07) is 11.0. The fourth-order valence-electron chi connectivity index (χ4n) is 3.16. The van der Waals surface area contributed by atoms with Gasteiger partial charge in [0.15, 0.2) is 0 Å². The summed E-state index contributed by atoms with van der Waals surface area (Å²) in [4.78, 5) is 27.8. The molecular formula is C23H28BrCl2N3O4S. The Morgan fingerprint density at radius 3 is 2.35 bits per heavy atom. The molecule has 0 bridgehead atoms. The molecule has 0 saturated carbocycles. The number of nitrogens with one attached hydrogen (secondary N) is 1. The first-order valence-corrected chi connectivity index (χ1v) is 14.0. The molecule has 0 aliphatic heterocycles. The molecular weight excluding hydrogens is 565 g/mol. The highest BCUT2D eigenvalue weighted by Crippen LogP contribution is 2.33. The molecule has 2 atom stereocenters. The van der Waals surface area contributed by atoms with Crippen LogP contribution in [0.15, 0.2) is 46.9 Å². The number of hydrogen-bond acceptors (Lipinski definition) is 4. The molecule has 0 spiro atoms. The zero-order valence-corrected chi connectivity index (χ0v) is 23.3. The van der Waals surface area contributed by atoms with E-state index in [-0.39, 0.29) is 34.2 Å². The predicted molar refractivity (Wildman–Crippen MR) is 141 cm³/mol. The number of benzene rings is 2. The molecule has 34 heavy (non-hydrogen) atoms. The highest BCUT2D eigenvalue weighted by atomic mass is 79.9. The number of amides is 2. The summed E-state index contributed by atoms with van der Waals surface area (Å²) in [6.07, 6.45) is 1.71. The molecule has 0 heterocycles. The van der Waals surface area contributed by atoms with Crippen molar-refractivity contribution in [3.63, 3.8) is 0 Å². The van der Waals surface area contributed by atoms with E-state index in [1.54, 1.807) is 13.0 Å². The van der Waals surface area contributed by atoms with E-state index in [1.165, 1.54) is 17.0 Å². The van der Waals surface area contributed by atoms with Crippen molar-refractivity contribution in [2.45, 2.75) is 45.8 Å². The van der Waals surface area contributed by atoms with Crippen LogP contribution in [0.5, 0.6) is 0 Å². The van der Waals surface area contributed by atoms with E-state index in [0.717, 1.165) is 27.0 Å². The van der Waals surface area contributed by atoms with Crippen LogP contribution in [-0.2, 0) is 26.2 Å². The van der Waals surface area contributed by atoms with E-state index in [1.807, 2.05) is 38.1 Å². The Labute approximate surface area is 219 Å². The van der Waals surface area contributed by atoms with Gasteiger partial charge in [-0.2, -0.15) is 0 Å². The number of nitrogens with zero attached hydrogens (tertiary/aromatic N) is 2. The smallest absolute Gasteiger partial charge is 0.244 e. The third-order valence-electron chi connectivity index (χ3n) is 5.29. The molecule has 1 N–H and O–H groups in total. The maximum Gasteiger partial charge on any atom is 0.244 e. The summed E-state index contributed by atoms with van der Waals surface area (Å²) in [5.41, 5.74) is 0.863. The van der Waals surface area contributed by atoms with Gasteiger partial charge < -0.3 is 10.2 Å². The van der Waals surface area contributed by atoms with E-state index >= 15 is 0 Å². The Kier molecular flexibility index (Phi) is 10.2. The van der Waals surface area contributed by atoms with Crippen molar-refractivity contribution in [1.82, 2.24) is 10.2 Å². The van der Waals surface area contributed by atoms with Gasteiger partial charge in [0, 0.05) is 17.1 Å². The van der Waals surface area contributed by atoms with Crippen molar-refractivity contribution in [3.8, 4) is 0 Å². The van der Waals surface area contributed by atoms with Crippen LogP contribution >= 0.6 is 39.1 Å². The van der Waals surface area contributed by atoms with Gasteiger partial charge in [0.2, 0.25) is 21.8 Å². The average Bonchev–Trinajstić information content (AvgIpc) is 2.76. The average molecular weight is 593 g/mol. The standard InChI is InChI=1S/C23H28BrCl2N3O4S/c1-5-15(2)27-23(31)16(3)28(13-17-8-6-9-18(24)12-17)21(30)14-29(34(4,32)33)20-11-7-10-19(25)22(20)26/h6-12,15-16H,5,13-14H2,1-4H3,(H,27,31)/t15-,16-/m0/s1. The minimum absolute atomic E-state index is 0.0171. The van der Waals surface area contributed by atoms with Gasteiger partial charge in [0.25, 0.3) is 0 Å². The van der Waals surface area contributed by atoms with Crippen LogP contribution in [0.2, 0.25) is 10.0 Å². The highest BCUT2D eigenvalue weighted by Gasteiger charge is 2.31. The maximum absolute atomic E-state index is 13.5. The van der Waals surface area contributed by atoms with Crippen molar-refractivity contribution in [2.24, 2.45) is 0 Å². The van der Waals surface area contributed by atoms with Crippen molar-refractivity contribution in [3.05, 3.63) is 62.5 Å². The highest BCUT2D eigenvalue weighted by molar-refractivity contribution is 9.10. The summed E-state index contributed by atoms with van der Waals surface area (Å²) >= 11 is 15.7. The summed E-state index contributed by atoms with van der Waals surface area (Å²) in [5, 5.41) is 3.06. The van der Waals surface area contributed by atoms with Crippen LogP contribution < -0.4 is 9.62 Å².